The lowest BCUT2D eigenvalue weighted by Gasteiger charge is -2.32. The molecule has 3 heteroatoms. The van der Waals surface area contributed by atoms with Crippen molar-refractivity contribution >= 4 is 0 Å². The highest BCUT2D eigenvalue weighted by molar-refractivity contribution is 5.14. The molecular weight excluding hydrogens is 234 g/mol. The van der Waals surface area contributed by atoms with Crippen molar-refractivity contribution in [1.82, 2.24) is 10.2 Å². The van der Waals surface area contributed by atoms with Crippen LogP contribution in [0, 0.1) is 11.3 Å². The van der Waals surface area contributed by atoms with Crippen LogP contribution in [-0.2, 0) is 0 Å². The Bertz CT molecular complexity index is 312. The molecule has 3 nitrogen and oxygen atoms in total. The van der Waals surface area contributed by atoms with Gasteiger partial charge in [-0.1, -0.05) is 19.3 Å². The molecule has 2 rings (SSSR count). The van der Waals surface area contributed by atoms with Gasteiger partial charge in [0.05, 0.1) is 6.07 Å². The Morgan fingerprint density at radius 1 is 1.16 bits per heavy atom. The van der Waals surface area contributed by atoms with Gasteiger partial charge in [-0.25, -0.2) is 0 Å². The molecule has 0 spiro atoms. The van der Waals surface area contributed by atoms with Crippen LogP contribution in [0.25, 0.3) is 0 Å². The molecule has 1 heterocycles. The molecule has 2 fully saturated rings. The van der Waals surface area contributed by atoms with Crippen molar-refractivity contribution in [2.75, 3.05) is 13.1 Å². The summed E-state index contributed by atoms with van der Waals surface area (Å²) in [5.74, 6) is 0. The molecule has 0 aromatic heterocycles. The van der Waals surface area contributed by atoms with Crippen LogP contribution in [0.15, 0.2) is 0 Å². The van der Waals surface area contributed by atoms with Gasteiger partial charge in [0.25, 0.3) is 0 Å². The first-order chi connectivity index (χ1) is 9.15. The molecule has 0 amide bonds. The van der Waals surface area contributed by atoms with Crippen molar-refractivity contribution < 1.29 is 0 Å². The maximum Gasteiger partial charge on any atom is 0.108 e. The lowest BCUT2D eigenvalue weighted by Crippen LogP contribution is -2.47. The fourth-order valence-electron chi connectivity index (χ4n) is 3.79. The van der Waals surface area contributed by atoms with Gasteiger partial charge < -0.3 is 4.90 Å². The number of hydrogen-bond acceptors (Lipinski definition) is 3. The van der Waals surface area contributed by atoms with Crippen LogP contribution < -0.4 is 5.32 Å². The second-order valence-electron chi connectivity index (χ2n) is 6.69. The van der Waals surface area contributed by atoms with Gasteiger partial charge in [0, 0.05) is 12.1 Å². The molecule has 108 valence electrons. The first-order valence-electron chi connectivity index (χ1n) is 8.08. The SMILES string of the molecule is CC(C)NC1(C#N)CCC(N2CCCCCCC2)C1. The summed E-state index contributed by atoms with van der Waals surface area (Å²) < 4.78 is 0. The first kappa shape index (κ1) is 14.8. The zero-order chi connectivity index (χ0) is 13.7. The van der Waals surface area contributed by atoms with E-state index in [0.29, 0.717) is 12.1 Å². The first-order valence-corrected chi connectivity index (χ1v) is 8.08. The lowest BCUT2D eigenvalue weighted by molar-refractivity contribution is 0.175. The average Bonchev–Trinajstić information content (AvgIpc) is 2.72. The van der Waals surface area contributed by atoms with E-state index in [2.05, 4.69) is 30.1 Å². The number of nitrogens with zero attached hydrogens (tertiary/aromatic N) is 2. The standard InChI is InChI=1S/C16H29N3/c1-14(2)18-16(13-17)9-8-15(12-16)19-10-6-4-3-5-7-11-19/h14-15,18H,3-12H2,1-2H3. The summed E-state index contributed by atoms with van der Waals surface area (Å²) in [5, 5.41) is 13.1. The maximum absolute atomic E-state index is 9.55. The Morgan fingerprint density at radius 3 is 2.37 bits per heavy atom. The molecule has 0 aromatic rings. The van der Waals surface area contributed by atoms with E-state index < -0.39 is 0 Å². The Labute approximate surface area is 118 Å². The number of nitrogens with one attached hydrogen (secondary N) is 1. The van der Waals surface area contributed by atoms with Crippen molar-refractivity contribution in [2.45, 2.75) is 82.8 Å². The van der Waals surface area contributed by atoms with Crippen molar-refractivity contribution in [3.8, 4) is 6.07 Å². The van der Waals surface area contributed by atoms with Crippen LogP contribution in [-0.4, -0.2) is 35.6 Å². The molecule has 2 atom stereocenters. The van der Waals surface area contributed by atoms with Crippen molar-refractivity contribution in [2.24, 2.45) is 0 Å². The predicted molar refractivity (Wildman–Crippen MR) is 78.9 cm³/mol. The minimum atomic E-state index is -0.263. The summed E-state index contributed by atoms with van der Waals surface area (Å²) in [6.07, 6.45) is 10.1. The van der Waals surface area contributed by atoms with E-state index in [1.165, 1.54) is 51.6 Å². The van der Waals surface area contributed by atoms with Crippen LogP contribution in [0.2, 0.25) is 0 Å². The second kappa shape index (κ2) is 6.72. The third-order valence-corrected chi connectivity index (χ3v) is 4.67. The summed E-state index contributed by atoms with van der Waals surface area (Å²) in [7, 11) is 0. The van der Waals surface area contributed by atoms with E-state index in [0.717, 1.165) is 12.8 Å². The topological polar surface area (TPSA) is 39.1 Å². The molecular formula is C16H29N3. The summed E-state index contributed by atoms with van der Waals surface area (Å²) in [5.41, 5.74) is -0.263. The minimum absolute atomic E-state index is 0.263. The van der Waals surface area contributed by atoms with E-state index in [4.69, 9.17) is 0 Å². The number of hydrogen-bond donors (Lipinski definition) is 1. The summed E-state index contributed by atoms with van der Waals surface area (Å²) >= 11 is 0. The zero-order valence-corrected chi connectivity index (χ0v) is 12.6. The zero-order valence-electron chi connectivity index (χ0n) is 12.6. The second-order valence-corrected chi connectivity index (χ2v) is 6.69. The third-order valence-electron chi connectivity index (χ3n) is 4.67. The van der Waals surface area contributed by atoms with E-state index in [-0.39, 0.29) is 5.54 Å². The quantitative estimate of drug-likeness (QED) is 0.850. The Kier molecular flexibility index (Phi) is 5.24. The maximum atomic E-state index is 9.55. The number of nitriles is 1. The van der Waals surface area contributed by atoms with Gasteiger partial charge in [0.1, 0.15) is 5.54 Å². The summed E-state index contributed by atoms with van der Waals surface area (Å²) in [6, 6.07) is 3.59. The predicted octanol–water partition coefficient (Wildman–Crippen LogP) is 3.07. The van der Waals surface area contributed by atoms with Crippen LogP contribution in [0.3, 0.4) is 0 Å². The van der Waals surface area contributed by atoms with Crippen molar-refractivity contribution in [3.05, 3.63) is 0 Å². The fraction of sp³-hybridized carbons (Fsp3) is 0.938. The largest absolute Gasteiger partial charge is 0.300 e. The van der Waals surface area contributed by atoms with Gasteiger partial charge in [0.2, 0.25) is 0 Å². The number of likely N-dealkylation sites (tertiary alicyclic amines) is 1. The molecule has 0 aromatic carbocycles. The molecule has 19 heavy (non-hydrogen) atoms. The molecule has 2 aliphatic rings. The molecule has 0 radical (unpaired) electrons. The molecule has 1 aliphatic carbocycles. The van der Waals surface area contributed by atoms with Crippen molar-refractivity contribution in [3.63, 3.8) is 0 Å². The van der Waals surface area contributed by atoms with E-state index >= 15 is 0 Å². The Balaban J connectivity index is 1.93. The van der Waals surface area contributed by atoms with Gasteiger partial charge in [0.15, 0.2) is 0 Å². The van der Waals surface area contributed by atoms with Crippen molar-refractivity contribution in [1.29, 1.82) is 5.26 Å². The van der Waals surface area contributed by atoms with Crippen LogP contribution in [0.4, 0.5) is 0 Å². The van der Waals surface area contributed by atoms with E-state index in [1.54, 1.807) is 0 Å². The Hall–Kier alpha value is -0.590. The van der Waals surface area contributed by atoms with Crippen LogP contribution >= 0.6 is 0 Å². The van der Waals surface area contributed by atoms with Crippen LogP contribution in [0.5, 0.6) is 0 Å². The normalized spacial score (nSPS) is 33.9. The van der Waals surface area contributed by atoms with Gasteiger partial charge in [-0.05, 0) is 59.0 Å². The highest BCUT2D eigenvalue weighted by Crippen LogP contribution is 2.34. The lowest BCUT2D eigenvalue weighted by atomic mass is 9.97. The van der Waals surface area contributed by atoms with Gasteiger partial charge in [-0.3, -0.25) is 5.32 Å². The van der Waals surface area contributed by atoms with Gasteiger partial charge in [-0.2, -0.15) is 5.26 Å². The highest BCUT2D eigenvalue weighted by Gasteiger charge is 2.41. The average molecular weight is 263 g/mol. The Morgan fingerprint density at radius 2 is 1.79 bits per heavy atom. The third kappa shape index (κ3) is 3.94. The monoisotopic (exact) mass is 263 g/mol. The molecule has 1 saturated carbocycles. The molecule has 1 saturated heterocycles. The molecule has 1 aliphatic heterocycles. The molecule has 1 N–H and O–H groups in total. The highest BCUT2D eigenvalue weighted by atomic mass is 15.2. The van der Waals surface area contributed by atoms with Gasteiger partial charge in [-0.15, -0.1) is 0 Å². The number of rotatable bonds is 3. The summed E-state index contributed by atoms with van der Waals surface area (Å²) in [6.45, 7) is 6.77. The fourth-order valence-corrected chi connectivity index (χ4v) is 3.79. The van der Waals surface area contributed by atoms with Crippen LogP contribution in [0.1, 0.15) is 65.2 Å². The van der Waals surface area contributed by atoms with E-state index in [1.807, 2.05) is 0 Å². The van der Waals surface area contributed by atoms with E-state index in [9.17, 15) is 5.26 Å². The van der Waals surface area contributed by atoms with Gasteiger partial charge >= 0.3 is 0 Å². The smallest absolute Gasteiger partial charge is 0.108 e. The minimum Gasteiger partial charge on any atom is -0.300 e. The summed E-state index contributed by atoms with van der Waals surface area (Å²) in [4.78, 5) is 2.67. The molecule has 2 unspecified atom stereocenters. The molecule has 0 bridgehead atoms.